The molecule has 1 aliphatic heterocycles. The van der Waals surface area contributed by atoms with Gasteiger partial charge in [0, 0.05) is 19.2 Å². The highest BCUT2D eigenvalue weighted by molar-refractivity contribution is 5.95. The summed E-state index contributed by atoms with van der Waals surface area (Å²) in [7, 11) is 1.55. The van der Waals surface area contributed by atoms with Crippen LogP contribution in [0.15, 0.2) is 12.3 Å². The van der Waals surface area contributed by atoms with Crippen molar-refractivity contribution in [1.82, 2.24) is 19.4 Å². The fourth-order valence-electron chi connectivity index (χ4n) is 6.23. The first-order valence-electron chi connectivity index (χ1n) is 14.6. The molecule has 2 aliphatic carbocycles. The SMILES string of the molecule is Cn1c(C2(C(F)(F)F)CC2)cc2ncc(C(=O)CCC[C@@H](CC3CC3)[C@@H]3COC(C)(C)N3C(=O)OC(C)(C)C)nc21. The Hall–Kier alpha value is -2.69. The molecule has 3 aliphatic rings. The lowest BCUT2D eigenvalue weighted by Crippen LogP contribution is -2.52. The molecule has 2 saturated carbocycles. The maximum atomic E-state index is 13.7. The molecular formula is C30H41F3N4O4. The zero-order valence-electron chi connectivity index (χ0n) is 24.8. The number of ether oxygens (including phenoxy) is 2. The Bertz CT molecular complexity index is 1320. The van der Waals surface area contributed by atoms with Gasteiger partial charge in [-0.1, -0.05) is 12.8 Å². The van der Waals surface area contributed by atoms with Crippen LogP contribution in [0.2, 0.25) is 0 Å². The molecule has 41 heavy (non-hydrogen) atoms. The largest absolute Gasteiger partial charge is 0.444 e. The number of aromatic nitrogens is 3. The predicted molar refractivity (Wildman–Crippen MR) is 146 cm³/mol. The highest BCUT2D eigenvalue weighted by Gasteiger charge is 2.65. The van der Waals surface area contributed by atoms with E-state index in [0.29, 0.717) is 24.5 Å². The van der Waals surface area contributed by atoms with Crippen molar-refractivity contribution in [2.75, 3.05) is 6.61 Å². The Kier molecular flexibility index (Phi) is 7.44. The van der Waals surface area contributed by atoms with Crippen LogP contribution < -0.4 is 0 Å². The van der Waals surface area contributed by atoms with E-state index in [9.17, 15) is 22.8 Å². The molecule has 3 fully saturated rings. The van der Waals surface area contributed by atoms with E-state index in [2.05, 4.69) is 9.97 Å². The number of halogens is 3. The van der Waals surface area contributed by atoms with Crippen molar-refractivity contribution in [1.29, 1.82) is 0 Å². The van der Waals surface area contributed by atoms with E-state index in [1.165, 1.54) is 29.7 Å². The summed E-state index contributed by atoms with van der Waals surface area (Å²) in [6, 6.07) is 1.29. The highest BCUT2D eigenvalue weighted by Crippen LogP contribution is 2.59. The van der Waals surface area contributed by atoms with Crippen LogP contribution in [0.4, 0.5) is 18.0 Å². The Morgan fingerprint density at radius 3 is 2.46 bits per heavy atom. The quantitative estimate of drug-likeness (QED) is 0.308. The number of ketones is 1. The number of fused-ring (bicyclic) bond motifs is 1. The standard InChI is InChI=1S/C30H41F3N4O4/c1-27(2,3)41-26(39)37-22(17-40-28(37,4)5)19(14-18-10-11-18)8-7-9-23(38)21-16-34-20-15-24(36(6)25(20)35-21)29(12-13-29)30(31,32)33/h15-16,18-19,22H,7-14,17H2,1-6H3/t19-,22-/m0/s1. The summed E-state index contributed by atoms with van der Waals surface area (Å²) in [5, 5.41) is 0. The summed E-state index contributed by atoms with van der Waals surface area (Å²) in [6.45, 7) is 9.68. The van der Waals surface area contributed by atoms with Gasteiger partial charge in [-0.3, -0.25) is 14.7 Å². The average Bonchev–Trinajstić information content (AvgIpc) is 3.77. The van der Waals surface area contributed by atoms with E-state index in [4.69, 9.17) is 9.47 Å². The summed E-state index contributed by atoms with van der Waals surface area (Å²) in [5.41, 5.74) is -2.35. The maximum absolute atomic E-state index is 13.7. The van der Waals surface area contributed by atoms with Gasteiger partial charge in [0.25, 0.3) is 0 Å². The number of Topliss-reactive ketones (excluding diaryl/α,β-unsaturated/α-hetero) is 1. The molecule has 226 valence electrons. The second-order valence-electron chi connectivity index (χ2n) is 13.6. The first-order valence-corrected chi connectivity index (χ1v) is 14.6. The molecule has 11 heteroatoms. The van der Waals surface area contributed by atoms with Crippen LogP contribution in [0.25, 0.3) is 11.2 Å². The van der Waals surface area contributed by atoms with Crippen LogP contribution in [-0.4, -0.2) is 61.5 Å². The molecule has 0 radical (unpaired) electrons. The molecule has 0 unspecified atom stereocenters. The van der Waals surface area contributed by atoms with E-state index in [1.54, 1.807) is 11.9 Å². The second kappa shape index (κ2) is 10.2. The molecule has 1 amide bonds. The van der Waals surface area contributed by atoms with E-state index in [-0.39, 0.29) is 54.0 Å². The third-order valence-corrected chi connectivity index (χ3v) is 8.77. The number of hydrogen-bond acceptors (Lipinski definition) is 6. The van der Waals surface area contributed by atoms with Crippen molar-refractivity contribution >= 4 is 23.0 Å². The van der Waals surface area contributed by atoms with Crippen molar-refractivity contribution in [3.8, 4) is 0 Å². The summed E-state index contributed by atoms with van der Waals surface area (Å²) < 4.78 is 54.4. The molecule has 0 spiro atoms. The van der Waals surface area contributed by atoms with Crippen LogP contribution in [0, 0.1) is 11.8 Å². The van der Waals surface area contributed by atoms with Crippen molar-refractivity contribution in [3.63, 3.8) is 0 Å². The van der Waals surface area contributed by atoms with Gasteiger partial charge in [-0.05, 0) is 84.6 Å². The number of aryl methyl sites for hydroxylation is 1. The summed E-state index contributed by atoms with van der Waals surface area (Å²) in [4.78, 5) is 36.8. The molecular weight excluding hydrogens is 537 g/mol. The van der Waals surface area contributed by atoms with Gasteiger partial charge >= 0.3 is 12.3 Å². The molecule has 5 rings (SSSR count). The zero-order chi connectivity index (χ0) is 30.0. The van der Waals surface area contributed by atoms with Gasteiger partial charge in [-0.2, -0.15) is 13.2 Å². The Balaban J connectivity index is 1.27. The number of nitrogens with zero attached hydrogens (tertiary/aromatic N) is 4. The summed E-state index contributed by atoms with van der Waals surface area (Å²) in [5.74, 6) is 0.563. The molecule has 0 bridgehead atoms. The maximum Gasteiger partial charge on any atom is 0.412 e. The van der Waals surface area contributed by atoms with Crippen molar-refractivity contribution in [2.45, 2.75) is 115 Å². The van der Waals surface area contributed by atoms with Gasteiger partial charge < -0.3 is 14.0 Å². The number of alkyl halides is 3. The number of rotatable bonds is 9. The molecule has 2 atom stereocenters. The van der Waals surface area contributed by atoms with Gasteiger partial charge in [0.05, 0.1) is 18.8 Å². The minimum Gasteiger partial charge on any atom is -0.444 e. The fourth-order valence-corrected chi connectivity index (χ4v) is 6.23. The summed E-state index contributed by atoms with van der Waals surface area (Å²) in [6.07, 6.45) is 1.55. The van der Waals surface area contributed by atoms with Gasteiger partial charge in [0.2, 0.25) is 0 Å². The topological polar surface area (TPSA) is 86.6 Å². The predicted octanol–water partition coefficient (Wildman–Crippen LogP) is 6.70. The average molecular weight is 579 g/mol. The van der Waals surface area contributed by atoms with E-state index in [1.807, 2.05) is 34.6 Å². The lowest BCUT2D eigenvalue weighted by atomic mass is 9.87. The molecule has 3 heterocycles. The molecule has 0 N–H and O–H groups in total. The molecule has 2 aromatic rings. The normalized spacial score (nSPS) is 22.7. The monoisotopic (exact) mass is 578 g/mol. The van der Waals surface area contributed by atoms with E-state index in [0.717, 1.165) is 12.8 Å². The lowest BCUT2D eigenvalue weighted by Gasteiger charge is -2.38. The second-order valence-corrected chi connectivity index (χ2v) is 13.6. The fraction of sp³-hybridized carbons (Fsp3) is 0.733. The third kappa shape index (κ3) is 5.96. The number of carbonyl (C=O) groups is 2. The first kappa shape index (κ1) is 29.8. The smallest absolute Gasteiger partial charge is 0.412 e. The van der Waals surface area contributed by atoms with Crippen LogP contribution >= 0.6 is 0 Å². The third-order valence-electron chi connectivity index (χ3n) is 8.77. The van der Waals surface area contributed by atoms with Crippen molar-refractivity contribution in [3.05, 3.63) is 23.7 Å². The Morgan fingerprint density at radius 2 is 1.88 bits per heavy atom. The first-order chi connectivity index (χ1) is 19.0. The summed E-state index contributed by atoms with van der Waals surface area (Å²) >= 11 is 0. The van der Waals surface area contributed by atoms with Crippen LogP contribution in [0.3, 0.4) is 0 Å². The minimum absolute atomic E-state index is 0.0447. The van der Waals surface area contributed by atoms with Gasteiger partial charge in [0.15, 0.2) is 11.4 Å². The molecule has 8 nitrogen and oxygen atoms in total. The number of carbonyl (C=O) groups excluding carboxylic acids is 2. The van der Waals surface area contributed by atoms with Crippen LogP contribution in [-0.2, 0) is 21.9 Å². The number of amides is 1. The molecule has 1 saturated heterocycles. The van der Waals surface area contributed by atoms with E-state index < -0.39 is 29.0 Å². The Morgan fingerprint density at radius 1 is 1.20 bits per heavy atom. The van der Waals surface area contributed by atoms with Crippen LogP contribution in [0.1, 0.15) is 102 Å². The van der Waals surface area contributed by atoms with Crippen molar-refractivity contribution in [2.24, 2.45) is 18.9 Å². The highest BCUT2D eigenvalue weighted by atomic mass is 19.4. The van der Waals surface area contributed by atoms with Gasteiger partial charge in [0.1, 0.15) is 28.0 Å². The lowest BCUT2D eigenvalue weighted by molar-refractivity contribution is -0.162. The molecule has 2 aromatic heterocycles. The minimum atomic E-state index is -4.34. The van der Waals surface area contributed by atoms with Gasteiger partial charge in [-0.15, -0.1) is 0 Å². The van der Waals surface area contributed by atoms with Gasteiger partial charge in [-0.25, -0.2) is 9.78 Å². The van der Waals surface area contributed by atoms with Crippen molar-refractivity contribution < 1.29 is 32.2 Å². The van der Waals surface area contributed by atoms with E-state index >= 15 is 0 Å². The molecule has 0 aromatic carbocycles. The Labute approximate surface area is 239 Å². The zero-order valence-corrected chi connectivity index (χ0v) is 24.8. The number of hydrogen-bond donors (Lipinski definition) is 0. The van der Waals surface area contributed by atoms with Crippen LogP contribution in [0.5, 0.6) is 0 Å².